The highest BCUT2D eigenvalue weighted by Gasteiger charge is 2.24. The van der Waals surface area contributed by atoms with Gasteiger partial charge in [-0.2, -0.15) is 0 Å². The molecule has 1 N–H and O–H groups in total. The van der Waals surface area contributed by atoms with Gasteiger partial charge in [-0.1, -0.05) is 29.8 Å². The Morgan fingerprint density at radius 1 is 0.971 bits per heavy atom. The predicted octanol–water partition coefficient (Wildman–Crippen LogP) is 4.94. The van der Waals surface area contributed by atoms with Crippen molar-refractivity contribution in [3.05, 3.63) is 89.6 Å². The summed E-state index contributed by atoms with van der Waals surface area (Å²) < 4.78 is 33.1. The number of nitrogens with zero attached hydrogens (tertiary/aromatic N) is 1. The SMILES string of the molecule is CCOC(=O)c1ccc(NC(=O)Cn2cc(S(=O)(=O)c3ccc(Cl)cc3)c3ccccc32)cc1. The Hall–Kier alpha value is -3.62. The molecule has 1 amide bonds. The average molecular weight is 497 g/mol. The Balaban J connectivity index is 1.59. The summed E-state index contributed by atoms with van der Waals surface area (Å²) in [6.07, 6.45) is 1.47. The molecule has 9 heteroatoms. The standard InChI is InChI=1S/C25H21ClN2O5S/c1-2-33-25(30)17-7-11-19(12-8-17)27-24(29)16-28-15-23(21-5-3-4-6-22(21)28)34(31,32)20-13-9-18(26)10-14-20/h3-15H,2,16H2,1H3,(H,27,29). The fourth-order valence-electron chi connectivity index (χ4n) is 3.56. The summed E-state index contributed by atoms with van der Waals surface area (Å²) in [6.45, 7) is 1.90. The Morgan fingerprint density at radius 3 is 2.32 bits per heavy atom. The third-order valence-corrected chi connectivity index (χ3v) is 7.21. The van der Waals surface area contributed by atoms with E-state index in [1.54, 1.807) is 60.0 Å². The Labute approximate surface area is 201 Å². The lowest BCUT2D eigenvalue weighted by Gasteiger charge is -2.08. The second kappa shape index (κ2) is 9.70. The number of anilines is 1. The van der Waals surface area contributed by atoms with E-state index >= 15 is 0 Å². The van der Waals surface area contributed by atoms with Crippen LogP contribution in [0, 0.1) is 0 Å². The quantitative estimate of drug-likeness (QED) is 0.365. The number of nitrogens with one attached hydrogen (secondary N) is 1. The van der Waals surface area contributed by atoms with E-state index in [0.717, 1.165) is 0 Å². The highest BCUT2D eigenvalue weighted by atomic mass is 35.5. The number of carbonyl (C=O) groups excluding carboxylic acids is 2. The van der Waals surface area contributed by atoms with Crippen LogP contribution in [-0.2, 0) is 25.9 Å². The maximum atomic E-state index is 13.3. The van der Waals surface area contributed by atoms with Gasteiger partial charge in [0, 0.05) is 27.8 Å². The van der Waals surface area contributed by atoms with Crippen LogP contribution < -0.4 is 5.32 Å². The van der Waals surface area contributed by atoms with E-state index in [2.05, 4.69) is 5.32 Å². The number of ether oxygens (including phenoxy) is 1. The molecule has 1 heterocycles. The monoisotopic (exact) mass is 496 g/mol. The van der Waals surface area contributed by atoms with E-state index in [4.69, 9.17) is 16.3 Å². The van der Waals surface area contributed by atoms with Crippen molar-refractivity contribution in [3.63, 3.8) is 0 Å². The summed E-state index contributed by atoms with van der Waals surface area (Å²) in [5.41, 5.74) is 1.50. The molecule has 0 bridgehead atoms. The maximum Gasteiger partial charge on any atom is 0.338 e. The second-order valence-corrected chi connectivity index (χ2v) is 9.80. The topological polar surface area (TPSA) is 94.5 Å². The lowest BCUT2D eigenvalue weighted by molar-refractivity contribution is -0.116. The molecule has 4 aromatic rings. The van der Waals surface area contributed by atoms with Crippen molar-refractivity contribution < 1.29 is 22.7 Å². The second-order valence-electron chi connectivity index (χ2n) is 7.44. The lowest BCUT2D eigenvalue weighted by atomic mass is 10.2. The molecule has 1 aromatic heterocycles. The Morgan fingerprint density at radius 2 is 1.65 bits per heavy atom. The third-order valence-electron chi connectivity index (χ3n) is 5.16. The minimum atomic E-state index is -3.83. The number of amides is 1. The number of para-hydroxylation sites is 1. The number of hydrogen-bond acceptors (Lipinski definition) is 5. The van der Waals surface area contributed by atoms with Crippen molar-refractivity contribution in [3.8, 4) is 0 Å². The van der Waals surface area contributed by atoms with Gasteiger partial charge >= 0.3 is 5.97 Å². The number of aromatic nitrogens is 1. The van der Waals surface area contributed by atoms with Crippen molar-refractivity contribution in [2.75, 3.05) is 11.9 Å². The van der Waals surface area contributed by atoms with Crippen LogP contribution in [0.4, 0.5) is 5.69 Å². The summed E-state index contributed by atoms with van der Waals surface area (Å²) in [6, 6.07) is 19.3. The fourth-order valence-corrected chi connectivity index (χ4v) is 5.16. The molecule has 174 valence electrons. The fraction of sp³-hybridized carbons (Fsp3) is 0.120. The molecule has 4 rings (SSSR count). The molecule has 34 heavy (non-hydrogen) atoms. The summed E-state index contributed by atoms with van der Waals surface area (Å²) in [7, 11) is -3.83. The van der Waals surface area contributed by atoms with Gasteiger partial charge in [-0.25, -0.2) is 13.2 Å². The van der Waals surface area contributed by atoms with Gasteiger partial charge in [-0.05, 0) is 61.5 Å². The van der Waals surface area contributed by atoms with E-state index in [1.807, 2.05) is 0 Å². The van der Waals surface area contributed by atoms with Gasteiger partial charge < -0.3 is 14.6 Å². The number of carbonyl (C=O) groups is 2. The van der Waals surface area contributed by atoms with Gasteiger partial charge in [0.05, 0.1) is 22.0 Å². The van der Waals surface area contributed by atoms with Crippen LogP contribution in [-0.4, -0.2) is 31.5 Å². The molecule has 7 nitrogen and oxygen atoms in total. The lowest BCUT2D eigenvalue weighted by Crippen LogP contribution is -2.18. The maximum absolute atomic E-state index is 13.3. The number of sulfone groups is 1. The number of esters is 1. The van der Waals surface area contributed by atoms with Crippen LogP contribution in [0.3, 0.4) is 0 Å². The summed E-state index contributed by atoms with van der Waals surface area (Å²) in [5.74, 6) is -0.784. The van der Waals surface area contributed by atoms with Crippen LogP contribution in [0.1, 0.15) is 17.3 Å². The zero-order valence-corrected chi connectivity index (χ0v) is 19.8. The van der Waals surface area contributed by atoms with Crippen LogP contribution in [0.15, 0.2) is 88.8 Å². The average Bonchev–Trinajstić information content (AvgIpc) is 3.19. The largest absolute Gasteiger partial charge is 0.462 e. The van der Waals surface area contributed by atoms with E-state index in [9.17, 15) is 18.0 Å². The first-order valence-corrected chi connectivity index (χ1v) is 12.3. The molecule has 0 saturated carbocycles. The van der Waals surface area contributed by atoms with Gasteiger partial charge in [0.1, 0.15) is 6.54 Å². The summed E-state index contributed by atoms with van der Waals surface area (Å²) >= 11 is 5.90. The molecule has 0 saturated heterocycles. The zero-order chi connectivity index (χ0) is 24.3. The minimum Gasteiger partial charge on any atom is -0.462 e. The number of halogens is 1. The molecule has 0 aliphatic carbocycles. The van der Waals surface area contributed by atoms with Gasteiger partial charge in [-0.15, -0.1) is 0 Å². The highest BCUT2D eigenvalue weighted by Crippen LogP contribution is 2.30. The zero-order valence-electron chi connectivity index (χ0n) is 18.2. The van der Waals surface area contributed by atoms with Crippen molar-refractivity contribution in [1.82, 2.24) is 4.57 Å². The minimum absolute atomic E-state index is 0.101. The molecule has 3 aromatic carbocycles. The first-order chi connectivity index (χ1) is 16.3. The molecular formula is C25H21ClN2O5S. The molecular weight excluding hydrogens is 476 g/mol. The molecule has 0 aliphatic heterocycles. The molecule has 0 atom stereocenters. The van der Waals surface area contributed by atoms with Crippen molar-refractivity contribution in [2.24, 2.45) is 0 Å². The van der Waals surface area contributed by atoms with Crippen LogP contribution in [0.5, 0.6) is 0 Å². The van der Waals surface area contributed by atoms with Crippen LogP contribution in [0.2, 0.25) is 5.02 Å². The molecule has 0 aliphatic rings. The Bertz CT molecular complexity index is 1460. The smallest absolute Gasteiger partial charge is 0.338 e. The number of benzene rings is 3. The van der Waals surface area contributed by atoms with Gasteiger partial charge in [0.15, 0.2) is 0 Å². The van der Waals surface area contributed by atoms with Crippen molar-refractivity contribution in [1.29, 1.82) is 0 Å². The number of hydrogen-bond donors (Lipinski definition) is 1. The predicted molar refractivity (Wildman–Crippen MR) is 130 cm³/mol. The van der Waals surface area contributed by atoms with E-state index in [1.165, 1.54) is 30.5 Å². The molecule has 0 unspecified atom stereocenters. The van der Waals surface area contributed by atoms with Crippen molar-refractivity contribution in [2.45, 2.75) is 23.3 Å². The van der Waals surface area contributed by atoms with E-state index in [0.29, 0.717) is 27.2 Å². The number of rotatable bonds is 7. The summed E-state index contributed by atoms with van der Waals surface area (Å²) in [5, 5.41) is 3.72. The molecule has 0 fully saturated rings. The Kier molecular flexibility index (Phi) is 6.72. The van der Waals surface area contributed by atoms with Crippen LogP contribution >= 0.6 is 11.6 Å². The van der Waals surface area contributed by atoms with Gasteiger partial charge in [-0.3, -0.25) is 4.79 Å². The number of fused-ring (bicyclic) bond motifs is 1. The normalized spacial score (nSPS) is 11.4. The molecule has 0 spiro atoms. The van der Waals surface area contributed by atoms with Crippen molar-refractivity contribution >= 4 is 49.9 Å². The summed E-state index contributed by atoms with van der Waals surface area (Å²) in [4.78, 5) is 24.7. The first-order valence-electron chi connectivity index (χ1n) is 10.4. The third kappa shape index (κ3) is 4.83. The van der Waals surface area contributed by atoms with Gasteiger partial charge in [0.25, 0.3) is 0 Å². The first kappa shape index (κ1) is 23.5. The van der Waals surface area contributed by atoms with E-state index in [-0.39, 0.29) is 28.8 Å². The van der Waals surface area contributed by atoms with Crippen LogP contribution in [0.25, 0.3) is 10.9 Å². The van der Waals surface area contributed by atoms with E-state index < -0.39 is 15.8 Å². The van der Waals surface area contributed by atoms with Gasteiger partial charge in [0.2, 0.25) is 15.7 Å². The molecule has 0 radical (unpaired) electrons. The highest BCUT2D eigenvalue weighted by molar-refractivity contribution is 7.91.